The lowest BCUT2D eigenvalue weighted by Crippen LogP contribution is -2.30. The van der Waals surface area contributed by atoms with Crippen LogP contribution in [0.2, 0.25) is 0 Å². The van der Waals surface area contributed by atoms with Gasteiger partial charge in [-0.05, 0) is 30.6 Å². The molecule has 0 bridgehead atoms. The summed E-state index contributed by atoms with van der Waals surface area (Å²) < 4.78 is 0. The molecule has 76 valence electrons. The van der Waals surface area contributed by atoms with Crippen LogP contribution in [0.3, 0.4) is 0 Å². The molecule has 2 nitrogen and oxygen atoms in total. The van der Waals surface area contributed by atoms with Crippen LogP contribution in [-0.2, 0) is 0 Å². The van der Waals surface area contributed by atoms with Gasteiger partial charge in [-0.3, -0.25) is 0 Å². The van der Waals surface area contributed by atoms with E-state index in [0.29, 0.717) is 5.92 Å². The Balaban J connectivity index is 2.69. The van der Waals surface area contributed by atoms with E-state index in [4.69, 9.17) is 10.5 Å². The first kappa shape index (κ1) is 11.1. The molecule has 14 heavy (non-hydrogen) atoms. The van der Waals surface area contributed by atoms with Crippen LogP contribution in [0.5, 0.6) is 0 Å². The van der Waals surface area contributed by atoms with Crippen LogP contribution in [0.1, 0.15) is 40.0 Å². The molecule has 1 saturated carbocycles. The molecule has 1 fully saturated rings. The molecule has 2 heteroatoms. The lowest BCUT2D eigenvalue weighted by Gasteiger charge is -2.37. The summed E-state index contributed by atoms with van der Waals surface area (Å²) in [5, 5.41) is 17.9. The Kier molecular flexibility index (Phi) is 3.17. The molecule has 0 saturated heterocycles. The van der Waals surface area contributed by atoms with E-state index in [9.17, 15) is 0 Å². The van der Waals surface area contributed by atoms with Gasteiger partial charge in [0.15, 0.2) is 0 Å². The SMILES string of the molecule is CC(C)(C)C1CCC(C#N)C(C#N)C1. The van der Waals surface area contributed by atoms with Crippen LogP contribution < -0.4 is 0 Å². The summed E-state index contributed by atoms with van der Waals surface area (Å²) >= 11 is 0. The predicted molar refractivity (Wildman–Crippen MR) is 55.0 cm³/mol. The molecule has 0 aromatic carbocycles. The molecule has 0 N–H and O–H groups in total. The zero-order chi connectivity index (χ0) is 10.8. The van der Waals surface area contributed by atoms with Gasteiger partial charge in [-0.15, -0.1) is 0 Å². The van der Waals surface area contributed by atoms with Crippen LogP contribution >= 0.6 is 0 Å². The fourth-order valence-corrected chi connectivity index (χ4v) is 2.25. The van der Waals surface area contributed by atoms with E-state index in [2.05, 4.69) is 32.9 Å². The van der Waals surface area contributed by atoms with E-state index in [1.54, 1.807) is 0 Å². The average molecular weight is 190 g/mol. The smallest absolute Gasteiger partial charge is 0.0669 e. The summed E-state index contributed by atoms with van der Waals surface area (Å²) in [6, 6.07) is 4.54. The van der Waals surface area contributed by atoms with Crippen molar-refractivity contribution in [2.24, 2.45) is 23.2 Å². The Morgan fingerprint density at radius 1 is 1.00 bits per heavy atom. The minimum absolute atomic E-state index is 0.0291. The van der Waals surface area contributed by atoms with Gasteiger partial charge in [0.05, 0.1) is 24.0 Å². The van der Waals surface area contributed by atoms with E-state index in [-0.39, 0.29) is 17.3 Å². The van der Waals surface area contributed by atoms with Gasteiger partial charge < -0.3 is 0 Å². The highest BCUT2D eigenvalue weighted by molar-refractivity contribution is 5.02. The molecule has 0 aromatic heterocycles. The van der Waals surface area contributed by atoms with Crippen LogP contribution in [0.4, 0.5) is 0 Å². The summed E-state index contributed by atoms with van der Waals surface area (Å²) in [4.78, 5) is 0. The molecule has 1 rings (SSSR count). The van der Waals surface area contributed by atoms with Gasteiger partial charge in [-0.25, -0.2) is 0 Å². The van der Waals surface area contributed by atoms with Crippen LogP contribution in [0.25, 0.3) is 0 Å². The zero-order valence-electron chi connectivity index (χ0n) is 9.25. The van der Waals surface area contributed by atoms with Gasteiger partial charge >= 0.3 is 0 Å². The van der Waals surface area contributed by atoms with E-state index in [0.717, 1.165) is 19.3 Å². The number of nitriles is 2. The summed E-state index contributed by atoms with van der Waals surface area (Å²) in [6.07, 6.45) is 2.90. The van der Waals surface area contributed by atoms with Crippen LogP contribution in [-0.4, -0.2) is 0 Å². The molecular weight excluding hydrogens is 172 g/mol. The largest absolute Gasteiger partial charge is 0.198 e. The van der Waals surface area contributed by atoms with Gasteiger partial charge in [-0.1, -0.05) is 20.8 Å². The molecule has 0 amide bonds. The van der Waals surface area contributed by atoms with Crippen molar-refractivity contribution in [1.82, 2.24) is 0 Å². The van der Waals surface area contributed by atoms with Gasteiger partial charge in [0.2, 0.25) is 0 Å². The molecule has 3 unspecified atom stereocenters. The third-order valence-electron chi connectivity index (χ3n) is 3.41. The average Bonchev–Trinajstić information content (AvgIpc) is 2.15. The highest BCUT2D eigenvalue weighted by atomic mass is 14.4. The first-order valence-corrected chi connectivity index (χ1v) is 5.28. The maximum Gasteiger partial charge on any atom is 0.0669 e. The molecule has 1 aliphatic rings. The second-order valence-corrected chi connectivity index (χ2v) is 5.35. The van der Waals surface area contributed by atoms with Gasteiger partial charge in [-0.2, -0.15) is 10.5 Å². The van der Waals surface area contributed by atoms with E-state index < -0.39 is 0 Å². The maximum atomic E-state index is 8.97. The Bertz CT molecular complexity index is 274. The molecule has 0 aromatic rings. The normalized spacial score (nSPS) is 33.1. The predicted octanol–water partition coefficient (Wildman–Crippen LogP) is 3.11. The van der Waals surface area contributed by atoms with E-state index >= 15 is 0 Å². The second-order valence-electron chi connectivity index (χ2n) is 5.35. The van der Waals surface area contributed by atoms with Gasteiger partial charge in [0.1, 0.15) is 0 Å². The Labute approximate surface area is 86.5 Å². The molecule has 0 radical (unpaired) electrons. The van der Waals surface area contributed by atoms with Crippen molar-refractivity contribution in [3.05, 3.63) is 0 Å². The number of nitrogens with zero attached hydrogens (tertiary/aromatic N) is 2. The number of hydrogen-bond acceptors (Lipinski definition) is 2. The molecule has 0 aliphatic heterocycles. The fraction of sp³-hybridized carbons (Fsp3) is 0.833. The second kappa shape index (κ2) is 4.01. The Morgan fingerprint density at radius 2 is 1.57 bits per heavy atom. The standard InChI is InChI=1S/C12H18N2/c1-12(2,3)11-5-4-9(7-13)10(6-11)8-14/h9-11H,4-6H2,1-3H3. The molecular formula is C12H18N2. The maximum absolute atomic E-state index is 8.97. The van der Waals surface area contributed by atoms with Crippen molar-refractivity contribution < 1.29 is 0 Å². The summed E-state index contributed by atoms with van der Waals surface area (Å²) in [5.74, 6) is 0.522. The minimum atomic E-state index is -0.0435. The van der Waals surface area contributed by atoms with E-state index in [1.165, 1.54) is 0 Å². The third-order valence-corrected chi connectivity index (χ3v) is 3.41. The minimum Gasteiger partial charge on any atom is -0.198 e. The van der Waals surface area contributed by atoms with Crippen molar-refractivity contribution in [2.75, 3.05) is 0 Å². The van der Waals surface area contributed by atoms with E-state index in [1.807, 2.05) is 0 Å². The Hall–Kier alpha value is -1.02. The first-order valence-electron chi connectivity index (χ1n) is 5.28. The molecule has 0 spiro atoms. The zero-order valence-corrected chi connectivity index (χ0v) is 9.25. The van der Waals surface area contributed by atoms with Crippen LogP contribution in [0, 0.1) is 45.8 Å². The van der Waals surface area contributed by atoms with Gasteiger partial charge in [0.25, 0.3) is 0 Å². The molecule has 1 aliphatic carbocycles. The number of rotatable bonds is 0. The van der Waals surface area contributed by atoms with Crippen molar-refractivity contribution in [2.45, 2.75) is 40.0 Å². The van der Waals surface area contributed by atoms with Crippen molar-refractivity contribution >= 4 is 0 Å². The highest BCUT2D eigenvalue weighted by Crippen LogP contribution is 2.42. The topological polar surface area (TPSA) is 47.6 Å². The van der Waals surface area contributed by atoms with Crippen molar-refractivity contribution in [1.29, 1.82) is 10.5 Å². The third kappa shape index (κ3) is 2.26. The monoisotopic (exact) mass is 190 g/mol. The number of hydrogen-bond donors (Lipinski definition) is 0. The fourth-order valence-electron chi connectivity index (χ4n) is 2.25. The summed E-state index contributed by atoms with van der Waals surface area (Å²) in [7, 11) is 0. The Morgan fingerprint density at radius 3 is 2.00 bits per heavy atom. The summed E-state index contributed by atoms with van der Waals surface area (Å²) in [5.41, 5.74) is 0.273. The van der Waals surface area contributed by atoms with Crippen molar-refractivity contribution in [3.8, 4) is 12.1 Å². The molecule has 3 atom stereocenters. The lowest BCUT2D eigenvalue weighted by atomic mass is 9.66. The van der Waals surface area contributed by atoms with Gasteiger partial charge in [0, 0.05) is 0 Å². The summed E-state index contributed by atoms with van der Waals surface area (Å²) in [6.45, 7) is 6.66. The molecule has 0 heterocycles. The highest BCUT2D eigenvalue weighted by Gasteiger charge is 2.35. The van der Waals surface area contributed by atoms with Crippen LogP contribution in [0.15, 0.2) is 0 Å². The first-order chi connectivity index (χ1) is 6.49. The lowest BCUT2D eigenvalue weighted by molar-refractivity contribution is 0.140. The quantitative estimate of drug-likeness (QED) is 0.589. The van der Waals surface area contributed by atoms with Crippen molar-refractivity contribution in [3.63, 3.8) is 0 Å².